The summed E-state index contributed by atoms with van der Waals surface area (Å²) in [5.41, 5.74) is -0.980. The molecule has 0 saturated heterocycles. The van der Waals surface area contributed by atoms with Crippen LogP contribution in [0.25, 0.3) is 0 Å². The molecule has 0 radical (unpaired) electrons. The summed E-state index contributed by atoms with van der Waals surface area (Å²) < 4.78 is 23.0. The van der Waals surface area contributed by atoms with Crippen molar-refractivity contribution in [2.75, 3.05) is 6.54 Å². The quantitative estimate of drug-likeness (QED) is 0.544. The minimum Gasteiger partial charge on any atom is -0.389 e. The van der Waals surface area contributed by atoms with Gasteiger partial charge < -0.3 is 5.11 Å². The first-order chi connectivity index (χ1) is 5.33. The number of rotatable bonds is 5. The highest BCUT2D eigenvalue weighted by molar-refractivity contribution is 7.87. The van der Waals surface area contributed by atoms with E-state index < -0.39 is 15.8 Å². The first kappa shape index (κ1) is 11.8. The van der Waals surface area contributed by atoms with E-state index in [2.05, 4.69) is 4.72 Å². The Morgan fingerprint density at radius 1 is 1.42 bits per heavy atom. The lowest BCUT2D eigenvalue weighted by molar-refractivity contribution is 0.0377. The minimum absolute atomic E-state index is 0.0289. The van der Waals surface area contributed by atoms with Crippen LogP contribution in [0.2, 0.25) is 0 Å². The second kappa shape index (κ2) is 4.18. The monoisotopic (exact) mass is 196 g/mol. The zero-order chi connectivity index (χ0) is 9.83. The van der Waals surface area contributed by atoms with E-state index in [-0.39, 0.29) is 6.54 Å². The van der Waals surface area contributed by atoms with Crippen LogP contribution in [-0.4, -0.2) is 25.7 Å². The Balaban J connectivity index is 4.07. The lowest BCUT2D eigenvalue weighted by Gasteiger charge is -2.24. The Kier molecular flexibility index (Phi) is 4.12. The minimum atomic E-state index is -3.69. The summed E-state index contributed by atoms with van der Waals surface area (Å²) >= 11 is 0. The third kappa shape index (κ3) is 4.66. The molecular formula is C6H16N2O3S. The van der Waals surface area contributed by atoms with Gasteiger partial charge in [0.2, 0.25) is 0 Å². The Morgan fingerprint density at radius 2 is 1.83 bits per heavy atom. The molecule has 0 aliphatic heterocycles. The molecule has 0 aromatic carbocycles. The molecule has 5 nitrogen and oxygen atoms in total. The van der Waals surface area contributed by atoms with Crippen molar-refractivity contribution >= 4 is 10.2 Å². The van der Waals surface area contributed by atoms with Crippen LogP contribution in [0.4, 0.5) is 0 Å². The standard InChI is InChI=1S/C6H16N2O3S/c1-3-6(9,4-2)5-8-12(7,10)11/h8-9H,3-5H2,1-2H3,(H2,7,10,11). The fourth-order valence-corrected chi connectivity index (χ4v) is 1.20. The molecule has 0 heterocycles. The SMILES string of the molecule is CCC(O)(CC)CNS(N)(=O)=O. The van der Waals surface area contributed by atoms with E-state index in [0.29, 0.717) is 12.8 Å². The molecule has 0 rings (SSSR count). The van der Waals surface area contributed by atoms with Crippen LogP contribution >= 0.6 is 0 Å². The van der Waals surface area contributed by atoms with Gasteiger partial charge in [-0.2, -0.15) is 13.1 Å². The molecule has 6 heteroatoms. The van der Waals surface area contributed by atoms with E-state index >= 15 is 0 Å². The summed E-state index contributed by atoms with van der Waals surface area (Å²) in [6, 6.07) is 0. The van der Waals surface area contributed by atoms with Crippen LogP contribution < -0.4 is 9.86 Å². The molecule has 4 N–H and O–H groups in total. The molecule has 0 unspecified atom stereocenters. The molecule has 0 saturated carbocycles. The molecular weight excluding hydrogens is 180 g/mol. The van der Waals surface area contributed by atoms with Crippen LogP contribution in [0.3, 0.4) is 0 Å². The average molecular weight is 196 g/mol. The number of aliphatic hydroxyl groups is 1. The molecule has 0 atom stereocenters. The fraction of sp³-hybridized carbons (Fsp3) is 1.00. The van der Waals surface area contributed by atoms with Crippen LogP contribution in [0.1, 0.15) is 26.7 Å². The number of nitrogens with one attached hydrogen (secondary N) is 1. The van der Waals surface area contributed by atoms with Crippen molar-refractivity contribution < 1.29 is 13.5 Å². The Labute approximate surface area is 73.1 Å². The van der Waals surface area contributed by atoms with E-state index in [4.69, 9.17) is 5.14 Å². The lowest BCUT2D eigenvalue weighted by atomic mass is 9.98. The number of hydrogen-bond donors (Lipinski definition) is 3. The summed E-state index contributed by atoms with van der Waals surface area (Å²) in [4.78, 5) is 0. The summed E-state index contributed by atoms with van der Waals surface area (Å²) in [5.74, 6) is 0. The van der Waals surface area contributed by atoms with Gasteiger partial charge in [0.1, 0.15) is 0 Å². The second-order valence-corrected chi connectivity index (χ2v) is 4.18. The summed E-state index contributed by atoms with van der Waals surface area (Å²) in [7, 11) is -3.69. The zero-order valence-corrected chi connectivity index (χ0v) is 8.19. The second-order valence-electron chi connectivity index (χ2n) is 2.80. The summed E-state index contributed by atoms with van der Waals surface area (Å²) in [6.07, 6.45) is 0.984. The van der Waals surface area contributed by atoms with Crippen LogP contribution in [0.15, 0.2) is 0 Å². The highest BCUT2D eigenvalue weighted by atomic mass is 32.2. The molecule has 0 aliphatic carbocycles. The average Bonchev–Trinajstić information content (AvgIpc) is 1.99. The third-order valence-electron chi connectivity index (χ3n) is 1.92. The van der Waals surface area contributed by atoms with Gasteiger partial charge in [-0.25, -0.2) is 5.14 Å². The van der Waals surface area contributed by atoms with Gasteiger partial charge in [-0.05, 0) is 12.8 Å². The molecule has 0 bridgehead atoms. The maximum absolute atomic E-state index is 10.5. The van der Waals surface area contributed by atoms with Crippen LogP contribution in [-0.2, 0) is 10.2 Å². The first-order valence-corrected chi connectivity index (χ1v) is 5.37. The number of nitrogens with two attached hydrogens (primary N) is 1. The van der Waals surface area contributed by atoms with E-state index in [1.54, 1.807) is 13.8 Å². The van der Waals surface area contributed by atoms with Crippen molar-refractivity contribution in [1.82, 2.24) is 4.72 Å². The molecule has 0 aromatic heterocycles. The Morgan fingerprint density at radius 3 is 2.08 bits per heavy atom. The molecule has 0 aromatic rings. The van der Waals surface area contributed by atoms with Crippen LogP contribution in [0, 0.1) is 0 Å². The van der Waals surface area contributed by atoms with Gasteiger partial charge in [-0.15, -0.1) is 0 Å². The molecule has 0 fully saturated rings. The summed E-state index contributed by atoms with van der Waals surface area (Å²) in [6.45, 7) is 3.54. The number of hydrogen-bond acceptors (Lipinski definition) is 3. The molecule has 12 heavy (non-hydrogen) atoms. The van der Waals surface area contributed by atoms with Crippen molar-refractivity contribution in [3.05, 3.63) is 0 Å². The van der Waals surface area contributed by atoms with Crippen molar-refractivity contribution in [3.8, 4) is 0 Å². The Bertz CT molecular complexity index is 221. The van der Waals surface area contributed by atoms with Crippen molar-refractivity contribution in [1.29, 1.82) is 0 Å². The van der Waals surface area contributed by atoms with E-state index in [1.807, 2.05) is 0 Å². The zero-order valence-electron chi connectivity index (χ0n) is 7.37. The molecule has 0 aliphatic rings. The highest BCUT2D eigenvalue weighted by Crippen LogP contribution is 2.12. The summed E-state index contributed by atoms with van der Waals surface area (Å²) in [5, 5.41) is 14.3. The largest absolute Gasteiger partial charge is 0.389 e. The highest BCUT2D eigenvalue weighted by Gasteiger charge is 2.23. The maximum Gasteiger partial charge on any atom is 0.274 e. The predicted octanol–water partition coefficient (Wildman–Crippen LogP) is -0.669. The van der Waals surface area contributed by atoms with Gasteiger partial charge in [-0.1, -0.05) is 13.8 Å². The molecule has 0 amide bonds. The fourth-order valence-electron chi connectivity index (χ4n) is 0.735. The van der Waals surface area contributed by atoms with Gasteiger partial charge in [-0.3, -0.25) is 0 Å². The third-order valence-corrected chi connectivity index (χ3v) is 2.47. The lowest BCUT2D eigenvalue weighted by Crippen LogP contribution is -2.44. The maximum atomic E-state index is 10.5. The van der Waals surface area contributed by atoms with Crippen molar-refractivity contribution in [2.45, 2.75) is 32.3 Å². The van der Waals surface area contributed by atoms with Gasteiger partial charge in [0.15, 0.2) is 0 Å². The van der Waals surface area contributed by atoms with E-state index in [0.717, 1.165) is 0 Å². The van der Waals surface area contributed by atoms with Gasteiger partial charge in [0, 0.05) is 6.54 Å². The molecule has 0 spiro atoms. The topological polar surface area (TPSA) is 92.4 Å². The van der Waals surface area contributed by atoms with E-state index in [9.17, 15) is 13.5 Å². The Hall–Kier alpha value is -0.170. The van der Waals surface area contributed by atoms with Crippen molar-refractivity contribution in [3.63, 3.8) is 0 Å². The normalized spacial score (nSPS) is 13.3. The van der Waals surface area contributed by atoms with Crippen molar-refractivity contribution in [2.24, 2.45) is 5.14 Å². The van der Waals surface area contributed by atoms with Gasteiger partial charge >= 0.3 is 0 Å². The first-order valence-electron chi connectivity index (χ1n) is 3.83. The predicted molar refractivity (Wildman–Crippen MR) is 46.6 cm³/mol. The molecule has 74 valence electrons. The van der Waals surface area contributed by atoms with E-state index in [1.165, 1.54) is 0 Å². The van der Waals surface area contributed by atoms with Gasteiger partial charge in [0.25, 0.3) is 10.2 Å². The van der Waals surface area contributed by atoms with Crippen LogP contribution in [0.5, 0.6) is 0 Å². The smallest absolute Gasteiger partial charge is 0.274 e. The van der Waals surface area contributed by atoms with Gasteiger partial charge in [0.05, 0.1) is 5.60 Å².